The Balaban J connectivity index is 2.05. The van der Waals surface area contributed by atoms with E-state index >= 15 is 0 Å². The Morgan fingerprint density at radius 3 is 2.54 bits per heavy atom. The molecule has 2 aromatic rings. The summed E-state index contributed by atoms with van der Waals surface area (Å²) in [6.45, 7) is -1.12. The van der Waals surface area contributed by atoms with Crippen LogP contribution in [0.2, 0.25) is 5.02 Å². The molecule has 0 fully saturated rings. The van der Waals surface area contributed by atoms with E-state index in [0.717, 1.165) is 5.56 Å². The molecule has 6 heteroatoms. The van der Waals surface area contributed by atoms with E-state index in [0.29, 0.717) is 10.6 Å². The van der Waals surface area contributed by atoms with Gasteiger partial charge in [0.25, 0.3) is 0 Å². The van der Waals surface area contributed by atoms with Gasteiger partial charge in [-0.15, -0.1) is 0 Å². The third-order valence-electron chi connectivity index (χ3n) is 3.28. The number of hydrogen-bond acceptors (Lipinski definition) is 2. The van der Waals surface area contributed by atoms with Crippen LogP contribution >= 0.6 is 11.6 Å². The first kappa shape index (κ1) is 17.9. The summed E-state index contributed by atoms with van der Waals surface area (Å²) in [6, 6.07) is 13.2. The number of alkyl halides is 2. The number of halogens is 3. The average Bonchev–Trinajstić information content (AvgIpc) is 2.54. The molecule has 1 amide bonds. The molecule has 24 heavy (non-hydrogen) atoms. The zero-order valence-corrected chi connectivity index (χ0v) is 13.6. The zero-order chi connectivity index (χ0) is 17.5. The topological polar surface area (TPSA) is 38.3 Å². The van der Waals surface area contributed by atoms with Crippen LogP contribution in [0.1, 0.15) is 24.1 Å². The monoisotopic (exact) mass is 351 g/mol. The van der Waals surface area contributed by atoms with Gasteiger partial charge in [0.15, 0.2) is 0 Å². The Morgan fingerprint density at radius 1 is 1.17 bits per heavy atom. The maximum Gasteiger partial charge on any atom is 0.387 e. The molecule has 1 N–H and O–H groups in total. The lowest BCUT2D eigenvalue weighted by atomic mass is 10.1. The summed E-state index contributed by atoms with van der Waals surface area (Å²) in [5, 5.41) is 3.33. The van der Waals surface area contributed by atoms with Crippen LogP contribution in [0, 0.1) is 0 Å². The highest BCUT2D eigenvalue weighted by atomic mass is 35.5. The lowest BCUT2D eigenvalue weighted by Crippen LogP contribution is -2.24. The summed E-state index contributed by atoms with van der Waals surface area (Å²) < 4.78 is 29.1. The maximum atomic E-state index is 12.4. The zero-order valence-electron chi connectivity index (χ0n) is 12.9. The summed E-state index contributed by atoms with van der Waals surface area (Å²) in [5.41, 5.74) is 1.18. The number of rotatable bonds is 6. The van der Waals surface area contributed by atoms with Crippen LogP contribution in [0.5, 0.6) is 5.75 Å². The number of nitrogens with one attached hydrogen (secondary N) is 1. The van der Waals surface area contributed by atoms with E-state index in [1.54, 1.807) is 37.3 Å². The molecule has 0 spiro atoms. The van der Waals surface area contributed by atoms with E-state index in [1.165, 1.54) is 18.2 Å². The van der Waals surface area contributed by atoms with Crippen molar-refractivity contribution in [2.75, 3.05) is 0 Å². The van der Waals surface area contributed by atoms with Crippen LogP contribution in [0.4, 0.5) is 8.78 Å². The summed E-state index contributed by atoms with van der Waals surface area (Å²) in [4.78, 5) is 12.0. The van der Waals surface area contributed by atoms with Gasteiger partial charge in [0, 0.05) is 16.7 Å². The van der Waals surface area contributed by atoms with Crippen LogP contribution in [-0.4, -0.2) is 12.5 Å². The van der Waals surface area contributed by atoms with Gasteiger partial charge in [-0.3, -0.25) is 4.79 Å². The fourth-order valence-corrected chi connectivity index (χ4v) is 2.45. The minimum Gasteiger partial charge on any atom is -0.434 e. The molecular weight excluding hydrogens is 336 g/mol. The lowest BCUT2D eigenvalue weighted by Gasteiger charge is -2.14. The Kier molecular flexibility index (Phi) is 6.32. The van der Waals surface area contributed by atoms with Gasteiger partial charge >= 0.3 is 6.61 Å². The van der Waals surface area contributed by atoms with Gasteiger partial charge in [-0.1, -0.05) is 48.0 Å². The summed E-state index contributed by atoms with van der Waals surface area (Å²) in [6.07, 6.45) is 2.69. The first-order chi connectivity index (χ1) is 11.5. The molecule has 0 bridgehead atoms. The highest BCUT2D eigenvalue weighted by Crippen LogP contribution is 2.23. The number of amides is 1. The summed E-state index contributed by atoms with van der Waals surface area (Å²) in [5.74, 6) is -0.357. The van der Waals surface area contributed by atoms with E-state index < -0.39 is 6.61 Å². The van der Waals surface area contributed by atoms with E-state index in [2.05, 4.69) is 10.1 Å². The molecular formula is C18H16ClF2NO2. The standard InChI is InChI=1S/C18H16ClF2NO2/c1-12(14-7-3-4-8-15(14)19)22-17(23)11-10-13-6-2-5-9-16(13)24-18(20)21/h2-12,18H,1H3,(H,22,23)/b11-10+. The third kappa shape index (κ3) is 5.06. The number of benzene rings is 2. The number of hydrogen-bond donors (Lipinski definition) is 1. The van der Waals surface area contributed by atoms with Crippen molar-refractivity contribution >= 4 is 23.6 Å². The molecule has 0 saturated carbocycles. The fraction of sp³-hybridized carbons (Fsp3) is 0.167. The van der Waals surface area contributed by atoms with E-state index in [1.807, 2.05) is 12.1 Å². The van der Waals surface area contributed by atoms with Gasteiger partial charge in [-0.25, -0.2) is 0 Å². The average molecular weight is 352 g/mol. The number of carbonyl (C=O) groups excluding carboxylic acids is 1. The van der Waals surface area contributed by atoms with Crippen molar-refractivity contribution in [3.8, 4) is 5.75 Å². The van der Waals surface area contributed by atoms with Crippen molar-refractivity contribution in [1.29, 1.82) is 0 Å². The maximum absolute atomic E-state index is 12.4. The van der Waals surface area contributed by atoms with Gasteiger partial charge in [0.2, 0.25) is 5.91 Å². The minimum absolute atomic E-state index is 0.00991. The van der Waals surface area contributed by atoms with Crippen molar-refractivity contribution in [3.05, 3.63) is 70.8 Å². The molecule has 0 aliphatic rings. The quantitative estimate of drug-likeness (QED) is 0.757. The van der Waals surface area contributed by atoms with Gasteiger partial charge in [0.05, 0.1) is 6.04 Å². The molecule has 1 atom stereocenters. The Hall–Kier alpha value is -2.40. The second-order valence-electron chi connectivity index (χ2n) is 5.00. The predicted octanol–water partition coefficient (Wildman–Crippen LogP) is 4.83. The van der Waals surface area contributed by atoms with E-state index in [9.17, 15) is 13.6 Å². The summed E-state index contributed by atoms with van der Waals surface area (Å²) >= 11 is 6.09. The molecule has 2 rings (SSSR count). The molecule has 0 aliphatic carbocycles. The molecule has 1 unspecified atom stereocenters. The van der Waals surface area contributed by atoms with E-state index in [4.69, 9.17) is 11.6 Å². The molecule has 0 saturated heterocycles. The number of ether oxygens (including phenoxy) is 1. The molecule has 0 aromatic heterocycles. The van der Waals surface area contributed by atoms with Gasteiger partial charge in [-0.05, 0) is 30.7 Å². The molecule has 0 heterocycles. The van der Waals surface area contributed by atoms with Crippen molar-refractivity contribution in [1.82, 2.24) is 5.32 Å². The van der Waals surface area contributed by atoms with Crippen molar-refractivity contribution in [3.63, 3.8) is 0 Å². The molecule has 0 aliphatic heterocycles. The molecule has 126 valence electrons. The number of carbonyl (C=O) groups is 1. The van der Waals surface area contributed by atoms with Crippen LogP contribution in [0.15, 0.2) is 54.6 Å². The van der Waals surface area contributed by atoms with Crippen molar-refractivity contribution in [2.45, 2.75) is 19.6 Å². The van der Waals surface area contributed by atoms with Crippen LogP contribution in [-0.2, 0) is 4.79 Å². The van der Waals surface area contributed by atoms with Gasteiger partial charge in [0.1, 0.15) is 5.75 Å². The Morgan fingerprint density at radius 2 is 1.83 bits per heavy atom. The summed E-state index contributed by atoms with van der Waals surface area (Å²) in [7, 11) is 0. The minimum atomic E-state index is -2.92. The van der Waals surface area contributed by atoms with Crippen molar-refractivity contribution < 1.29 is 18.3 Å². The third-order valence-corrected chi connectivity index (χ3v) is 3.62. The Bertz CT molecular complexity index is 734. The van der Waals surface area contributed by atoms with Crippen LogP contribution in [0.25, 0.3) is 6.08 Å². The van der Waals surface area contributed by atoms with Crippen LogP contribution in [0.3, 0.4) is 0 Å². The van der Waals surface area contributed by atoms with Gasteiger partial charge < -0.3 is 10.1 Å². The van der Waals surface area contributed by atoms with E-state index in [-0.39, 0.29) is 17.7 Å². The second kappa shape index (κ2) is 8.45. The molecule has 3 nitrogen and oxygen atoms in total. The van der Waals surface area contributed by atoms with Crippen LogP contribution < -0.4 is 10.1 Å². The highest BCUT2D eigenvalue weighted by molar-refractivity contribution is 6.31. The second-order valence-corrected chi connectivity index (χ2v) is 5.41. The normalized spacial score (nSPS) is 12.4. The SMILES string of the molecule is CC(NC(=O)/C=C/c1ccccc1OC(F)F)c1ccccc1Cl. The largest absolute Gasteiger partial charge is 0.434 e. The first-order valence-electron chi connectivity index (χ1n) is 7.24. The lowest BCUT2D eigenvalue weighted by molar-refractivity contribution is -0.117. The highest BCUT2D eigenvalue weighted by Gasteiger charge is 2.11. The number of para-hydroxylation sites is 1. The smallest absolute Gasteiger partial charge is 0.387 e. The Labute approximate surface area is 143 Å². The predicted molar refractivity (Wildman–Crippen MR) is 90.1 cm³/mol. The molecule has 2 aromatic carbocycles. The molecule has 0 radical (unpaired) electrons. The van der Waals surface area contributed by atoms with Gasteiger partial charge in [-0.2, -0.15) is 8.78 Å². The fourth-order valence-electron chi connectivity index (χ4n) is 2.15. The first-order valence-corrected chi connectivity index (χ1v) is 7.62. The van der Waals surface area contributed by atoms with Crippen molar-refractivity contribution in [2.24, 2.45) is 0 Å².